The van der Waals surface area contributed by atoms with E-state index >= 15 is 0 Å². The van der Waals surface area contributed by atoms with Crippen LogP contribution < -0.4 is 0 Å². The molecule has 2 saturated carbocycles. The minimum Gasteiger partial charge on any atom is -0.392 e. The lowest BCUT2D eigenvalue weighted by Gasteiger charge is -2.21. The predicted molar refractivity (Wildman–Crippen MR) is 101 cm³/mol. The van der Waals surface area contributed by atoms with Crippen LogP contribution in [0.5, 0.6) is 0 Å². The van der Waals surface area contributed by atoms with E-state index in [2.05, 4.69) is 18.2 Å². The largest absolute Gasteiger partial charge is 0.392 e. The minimum atomic E-state index is -0.565. The number of Topliss-reactive ketones (excluding diaryl/α,β-unsaturated/α-hetero) is 1. The van der Waals surface area contributed by atoms with Gasteiger partial charge in [-0.3, -0.25) is 4.79 Å². The Morgan fingerprint density at radius 2 is 1.68 bits per heavy atom. The Bertz CT molecular complexity index is 803. The van der Waals surface area contributed by atoms with Gasteiger partial charge in [-0.05, 0) is 60.6 Å². The molecular formula is C22H23ClO2. The summed E-state index contributed by atoms with van der Waals surface area (Å²) in [6.45, 7) is 2.03. The first kappa shape index (κ1) is 16.8. The molecule has 2 aliphatic carbocycles. The first-order valence-electron chi connectivity index (χ1n) is 9.09. The average Bonchev–Trinajstić information content (AvgIpc) is 3.15. The SMILES string of the molecule is Cc1ccc(-c2ccc(Cl)cc2)cc1C1C(=O)C2(CCCC2)CC1O. The zero-order chi connectivity index (χ0) is 17.6. The van der Waals surface area contributed by atoms with Gasteiger partial charge in [-0.2, -0.15) is 0 Å². The van der Waals surface area contributed by atoms with Crippen molar-refractivity contribution in [3.05, 3.63) is 58.6 Å². The third-order valence-electron chi connectivity index (χ3n) is 6.14. The van der Waals surface area contributed by atoms with E-state index in [-0.39, 0.29) is 17.1 Å². The van der Waals surface area contributed by atoms with Gasteiger partial charge < -0.3 is 5.11 Å². The molecule has 0 aliphatic heterocycles. The summed E-state index contributed by atoms with van der Waals surface area (Å²) in [5, 5.41) is 11.4. The molecule has 1 spiro atoms. The van der Waals surface area contributed by atoms with Crippen molar-refractivity contribution in [1.29, 1.82) is 0 Å². The van der Waals surface area contributed by atoms with E-state index < -0.39 is 6.10 Å². The van der Waals surface area contributed by atoms with E-state index in [1.165, 1.54) is 0 Å². The zero-order valence-corrected chi connectivity index (χ0v) is 15.2. The number of aryl methyl sites for hydroxylation is 1. The highest BCUT2D eigenvalue weighted by molar-refractivity contribution is 6.30. The maximum atomic E-state index is 13.2. The Balaban J connectivity index is 1.74. The fraction of sp³-hybridized carbons (Fsp3) is 0.409. The molecule has 0 saturated heterocycles. The smallest absolute Gasteiger partial charge is 0.149 e. The molecule has 0 heterocycles. The fourth-order valence-corrected chi connectivity index (χ4v) is 4.90. The number of carbonyl (C=O) groups is 1. The zero-order valence-electron chi connectivity index (χ0n) is 14.5. The number of benzene rings is 2. The Labute approximate surface area is 153 Å². The molecular weight excluding hydrogens is 332 g/mol. The molecule has 2 aromatic carbocycles. The number of hydrogen-bond acceptors (Lipinski definition) is 2. The standard InChI is InChI=1S/C22H23ClO2/c1-14-4-5-16(15-6-8-17(23)9-7-15)12-18(14)20-19(24)13-22(21(20)25)10-2-3-11-22/h4-9,12,19-20,24H,2-3,10-11,13H2,1H3. The summed E-state index contributed by atoms with van der Waals surface area (Å²) < 4.78 is 0. The highest BCUT2D eigenvalue weighted by Gasteiger charge is 2.54. The minimum absolute atomic E-state index is 0.258. The van der Waals surface area contributed by atoms with Crippen LogP contribution in [0.2, 0.25) is 5.02 Å². The average molecular weight is 355 g/mol. The lowest BCUT2D eigenvalue weighted by atomic mass is 9.80. The first-order chi connectivity index (χ1) is 12.0. The highest BCUT2D eigenvalue weighted by atomic mass is 35.5. The Kier molecular flexibility index (Phi) is 4.21. The van der Waals surface area contributed by atoms with E-state index in [4.69, 9.17) is 11.6 Å². The van der Waals surface area contributed by atoms with Crippen molar-refractivity contribution in [2.45, 2.75) is 51.0 Å². The third-order valence-corrected chi connectivity index (χ3v) is 6.39. The maximum absolute atomic E-state index is 13.2. The van der Waals surface area contributed by atoms with Crippen molar-refractivity contribution in [1.82, 2.24) is 0 Å². The molecule has 4 rings (SSSR count). The Morgan fingerprint density at radius 1 is 1.04 bits per heavy atom. The summed E-state index contributed by atoms with van der Waals surface area (Å²) in [6.07, 6.45) is 4.15. The van der Waals surface area contributed by atoms with Crippen molar-refractivity contribution in [3.8, 4) is 11.1 Å². The van der Waals surface area contributed by atoms with Gasteiger partial charge in [0.15, 0.2) is 0 Å². The second-order valence-corrected chi connectivity index (χ2v) is 8.12. The van der Waals surface area contributed by atoms with E-state index in [0.29, 0.717) is 11.4 Å². The van der Waals surface area contributed by atoms with Gasteiger partial charge in [0.25, 0.3) is 0 Å². The second kappa shape index (κ2) is 6.26. The summed E-state index contributed by atoms with van der Waals surface area (Å²) in [6, 6.07) is 13.9. The van der Waals surface area contributed by atoms with Crippen LogP contribution >= 0.6 is 11.6 Å². The highest BCUT2D eigenvalue weighted by Crippen LogP contribution is 2.53. The van der Waals surface area contributed by atoms with E-state index in [0.717, 1.165) is 47.9 Å². The number of carbonyl (C=O) groups excluding carboxylic acids is 1. The lowest BCUT2D eigenvalue weighted by Crippen LogP contribution is -2.25. The molecule has 0 aromatic heterocycles. The van der Waals surface area contributed by atoms with Crippen LogP contribution in [0.3, 0.4) is 0 Å². The number of hydrogen-bond donors (Lipinski definition) is 1. The molecule has 0 radical (unpaired) electrons. The van der Waals surface area contributed by atoms with Gasteiger partial charge in [-0.1, -0.05) is 54.8 Å². The number of aliphatic hydroxyl groups excluding tert-OH is 1. The summed E-state index contributed by atoms with van der Waals surface area (Å²) in [7, 11) is 0. The normalized spacial score (nSPS) is 25.0. The molecule has 0 bridgehead atoms. The molecule has 2 fully saturated rings. The lowest BCUT2D eigenvalue weighted by molar-refractivity contribution is -0.127. The van der Waals surface area contributed by atoms with Gasteiger partial charge in [0.05, 0.1) is 12.0 Å². The molecule has 130 valence electrons. The molecule has 0 amide bonds. The third kappa shape index (κ3) is 2.82. The molecule has 1 N–H and O–H groups in total. The van der Waals surface area contributed by atoms with Crippen LogP contribution in [-0.2, 0) is 4.79 Å². The predicted octanol–water partition coefficient (Wildman–Crippen LogP) is 5.29. The number of aliphatic hydroxyl groups is 1. The quantitative estimate of drug-likeness (QED) is 0.795. The molecule has 2 unspecified atom stereocenters. The summed E-state index contributed by atoms with van der Waals surface area (Å²) >= 11 is 5.99. The monoisotopic (exact) mass is 354 g/mol. The van der Waals surface area contributed by atoms with E-state index in [1.807, 2.05) is 31.2 Å². The second-order valence-electron chi connectivity index (χ2n) is 7.68. The topological polar surface area (TPSA) is 37.3 Å². The fourth-order valence-electron chi connectivity index (χ4n) is 4.77. The maximum Gasteiger partial charge on any atom is 0.149 e. The molecule has 2 aromatic rings. The summed E-state index contributed by atoms with van der Waals surface area (Å²) in [5.41, 5.74) is 3.91. The van der Waals surface area contributed by atoms with Gasteiger partial charge in [0.2, 0.25) is 0 Å². The summed E-state index contributed by atoms with van der Waals surface area (Å²) in [5.74, 6) is -0.126. The molecule has 25 heavy (non-hydrogen) atoms. The van der Waals surface area contributed by atoms with Gasteiger partial charge in [0, 0.05) is 10.4 Å². The van der Waals surface area contributed by atoms with Crippen molar-refractivity contribution >= 4 is 17.4 Å². The van der Waals surface area contributed by atoms with Crippen LogP contribution in [0.15, 0.2) is 42.5 Å². The van der Waals surface area contributed by atoms with Crippen molar-refractivity contribution in [2.24, 2.45) is 5.41 Å². The van der Waals surface area contributed by atoms with Crippen LogP contribution in [0.4, 0.5) is 0 Å². The Morgan fingerprint density at radius 3 is 2.36 bits per heavy atom. The van der Waals surface area contributed by atoms with Crippen LogP contribution in [0.25, 0.3) is 11.1 Å². The Hall–Kier alpha value is -1.64. The van der Waals surface area contributed by atoms with Crippen molar-refractivity contribution in [3.63, 3.8) is 0 Å². The molecule has 3 heteroatoms. The molecule has 2 atom stereocenters. The number of ketones is 1. The van der Waals surface area contributed by atoms with Crippen LogP contribution in [0, 0.1) is 12.3 Å². The van der Waals surface area contributed by atoms with E-state index in [9.17, 15) is 9.90 Å². The molecule has 2 nitrogen and oxygen atoms in total. The van der Waals surface area contributed by atoms with Gasteiger partial charge >= 0.3 is 0 Å². The van der Waals surface area contributed by atoms with Gasteiger partial charge in [-0.25, -0.2) is 0 Å². The van der Waals surface area contributed by atoms with Gasteiger partial charge in [-0.15, -0.1) is 0 Å². The van der Waals surface area contributed by atoms with Crippen LogP contribution in [0.1, 0.15) is 49.1 Å². The van der Waals surface area contributed by atoms with E-state index in [1.54, 1.807) is 0 Å². The van der Waals surface area contributed by atoms with Crippen LogP contribution in [-0.4, -0.2) is 17.0 Å². The van der Waals surface area contributed by atoms with Gasteiger partial charge in [0.1, 0.15) is 5.78 Å². The van der Waals surface area contributed by atoms with Crippen molar-refractivity contribution < 1.29 is 9.90 Å². The van der Waals surface area contributed by atoms with Crippen molar-refractivity contribution in [2.75, 3.05) is 0 Å². The number of halogens is 1. The first-order valence-corrected chi connectivity index (χ1v) is 9.47. The molecule has 2 aliphatic rings. The summed E-state index contributed by atoms with van der Waals surface area (Å²) in [4.78, 5) is 13.2. The number of rotatable bonds is 2.